The van der Waals surface area contributed by atoms with E-state index < -0.39 is 0 Å². The molecule has 2 unspecified atom stereocenters. The van der Waals surface area contributed by atoms with Crippen LogP contribution in [0.2, 0.25) is 0 Å². The predicted octanol–water partition coefficient (Wildman–Crippen LogP) is 3.68. The molecule has 0 bridgehead atoms. The molecule has 104 valence electrons. The summed E-state index contributed by atoms with van der Waals surface area (Å²) in [4.78, 5) is 2.60. The average Bonchev–Trinajstić information content (AvgIpc) is 3.22. The Hall–Kier alpha value is -1.32. The predicted molar refractivity (Wildman–Crippen MR) is 85.4 cm³/mol. The number of anilines is 1. The molecule has 2 nitrogen and oxygen atoms in total. The number of rotatable bonds is 3. The van der Waals surface area contributed by atoms with E-state index in [1.54, 1.807) is 11.3 Å². The maximum atomic E-state index is 3.78. The fraction of sp³-hybridized carbons (Fsp3) is 0.412. The molecule has 1 saturated heterocycles. The van der Waals surface area contributed by atoms with Gasteiger partial charge in [0.25, 0.3) is 0 Å². The van der Waals surface area contributed by atoms with Gasteiger partial charge in [-0.3, -0.25) is 0 Å². The summed E-state index contributed by atoms with van der Waals surface area (Å²) in [6.45, 7) is 2.20. The van der Waals surface area contributed by atoms with Gasteiger partial charge in [0.15, 0.2) is 0 Å². The van der Waals surface area contributed by atoms with E-state index >= 15 is 0 Å². The Morgan fingerprint density at radius 2 is 1.95 bits per heavy atom. The van der Waals surface area contributed by atoms with Crippen molar-refractivity contribution in [2.45, 2.75) is 24.9 Å². The van der Waals surface area contributed by atoms with Crippen LogP contribution in [0.1, 0.15) is 24.4 Å². The fourth-order valence-corrected chi connectivity index (χ4v) is 3.92. The fourth-order valence-electron chi connectivity index (χ4n) is 3.27. The van der Waals surface area contributed by atoms with Crippen LogP contribution in [-0.4, -0.2) is 19.1 Å². The van der Waals surface area contributed by atoms with Gasteiger partial charge in [0.05, 0.1) is 6.04 Å². The first-order valence-electron chi connectivity index (χ1n) is 7.49. The molecule has 1 aromatic carbocycles. The standard InChI is InChI=1S/C17H20N2S/c1-2-4-14(5-3-1)17-10-18-16(13-6-7-13)11-19(17)15-8-9-20-12-15/h1-5,8-9,12-13,16-18H,6-7,10-11H2. The van der Waals surface area contributed by atoms with Crippen molar-refractivity contribution in [2.75, 3.05) is 18.0 Å². The van der Waals surface area contributed by atoms with Crippen LogP contribution in [0.3, 0.4) is 0 Å². The number of piperazine rings is 1. The van der Waals surface area contributed by atoms with Gasteiger partial charge in [0.2, 0.25) is 0 Å². The number of hydrogen-bond acceptors (Lipinski definition) is 3. The van der Waals surface area contributed by atoms with Gasteiger partial charge in [-0.25, -0.2) is 0 Å². The normalized spacial score (nSPS) is 26.7. The minimum atomic E-state index is 0.459. The molecule has 1 aliphatic carbocycles. The van der Waals surface area contributed by atoms with Crippen molar-refractivity contribution < 1.29 is 0 Å². The summed E-state index contributed by atoms with van der Waals surface area (Å²) in [5.74, 6) is 0.910. The zero-order valence-corrected chi connectivity index (χ0v) is 12.4. The molecule has 2 heterocycles. The van der Waals surface area contributed by atoms with Crippen molar-refractivity contribution in [3.8, 4) is 0 Å². The average molecular weight is 284 g/mol. The Bertz CT molecular complexity index is 548. The van der Waals surface area contributed by atoms with E-state index in [0.29, 0.717) is 12.1 Å². The lowest BCUT2D eigenvalue weighted by atomic mass is 9.99. The molecule has 2 aromatic rings. The third-order valence-corrected chi connectivity index (χ3v) is 5.23. The molecule has 1 saturated carbocycles. The SMILES string of the molecule is c1ccc(C2CNC(C3CC3)CN2c2ccsc2)cc1. The number of thiophene rings is 1. The maximum Gasteiger partial charge on any atom is 0.0668 e. The van der Waals surface area contributed by atoms with Crippen molar-refractivity contribution >= 4 is 17.0 Å². The molecule has 0 amide bonds. The molecule has 4 rings (SSSR count). The molecule has 1 aromatic heterocycles. The highest BCUT2D eigenvalue weighted by atomic mass is 32.1. The minimum Gasteiger partial charge on any atom is -0.361 e. The molecule has 20 heavy (non-hydrogen) atoms. The Kier molecular flexibility index (Phi) is 3.25. The second-order valence-corrected chi connectivity index (χ2v) is 6.69. The molecule has 2 atom stereocenters. The summed E-state index contributed by atoms with van der Waals surface area (Å²) in [5.41, 5.74) is 2.80. The van der Waals surface area contributed by atoms with E-state index in [4.69, 9.17) is 0 Å². The quantitative estimate of drug-likeness (QED) is 0.925. The summed E-state index contributed by atoms with van der Waals surface area (Å²) in [7, 11) is 0. The lowest BCUT2D eigenvalue weighted by Crippen LogP contribution is -2.53. The van der Waals surface area contributed by atoms with Gasteiger partial charge in [-0.1, -0.05) is 30.3 Å². The molecule has 1 aliphatic heterocycles. The second-order valence-electron chi connectivity index (χ2n) is 5.91. The Labute approximate surface area is 124 Å². The van der Waals surface area contributed by atoms with Gasteiger partial charge < -0.3 is 10.2 Å². The largest absolute Gasteiger partial charge is 0.361 e. The molecule has 0 radical (unpaired) electrons. The van der Waals surface area contributed by atoms with Crippen LogP contribution in [0.4, 0.5) is 5.69 Å². The van der Waals surface area contributed by atoms with E-state index in [-0.39, 0.29) is 0 Å². The Balaban J connectivity index is 1.63. The van der Waals surface area contributed by atoms with Crippen molar-refractivity contribution in [3.63, 3.8) is 0 Å². The van der Waals surface area contributed by atoms with Crippen LogP contribution in [-0.2, 0) is 0 Å². The first kappa shape index (κ1) is 12.4. The van der Waals surface area contributed by atoms with E-state index in [2.05, 4.69) is 57.4 Å². The number of nitrogens with zero attached hydrogens (tertiary/aromatic N) is 1. The van der Waals surface area contributed by atoms with Crippen LogP contribution in [0.25, 0.3) is 0 Å². The first-order chi connectivity index (χ1) is 9.92. The van der Waals surface area contributed by atoms with Crippen molar-refractivity contribution in [2.24, 2.45) is 5.92 Å². The van der Waals surface area contributed by atoms with Crippen LogP contribution >= 0.6 is 11.3 Å². The second kappa shape index (κ2) is 5.23. The molecule has 1 N–H and O–H groups in total. The smallest absolute Gasteiger partial charge is 0.0668 e. The van der Waals surface area contributed by atoms with Crippen LogP contribution in [0, 0.1) is 5.92 Å². The maximum absolute atomic E-state index is 3.78. The summed E-state index contributed by atoms with van der Waals surface area (Å²) in [5, 5.41) is 8.25. The lowest BCUT2D eigenvalue weighted by Gasteiger charge is -2.42. The van der Waals surface area contributed by atoms with Gasteiger partial charge in [0, 0.05) is 30.2 Å². The van der Waals surface area contributed by atoms with Gasteiger partial charge >= 0.3 is 0 Å². The van der Waals surface area contributed by atoms with Crippen molar-refractivity contribution in [1.82, 2.24) is 5.32 Å². The van der Waals surface area contributed by atoms with E-state index in [1.165, 1.54) is 24.1 Å². The van der Waals surface area contributed by atoms with Gasteiger partial charge in [-0.15, -0.1) is 0 Å². The summed E-state index contributed by atoms with van der Waals surface area (Å²) < 4.78 is 0. The molecule has 2 fully saturated rings. The van der Waals surface area contributed by atoms with Crippen LogP contribution in [0.5, 0.6) is 0 Å². The highest BCUT2D eigenvalue weighted by molar-refractivity contribution is 7.08. The number of benzene rings is 1. The van der Waals surface area contributed by atoms with Gasteiger partial charge in [-0.05, 0) is 35.8 Å². The monoisotopic (exact) mass is 284 g/mol. The van der Waals surface area contributed by atoms with E-state index in [1.807, 2.05) is 0 Å². The zero-order valence-electron chi connectivity index (χ0n) is 11.5. The molecule has 0 spiro atoms. The third kappa shape index (κ3) is 2.36. The van der Waals surface area contributed by atoms with Gasteiger partial charge in [0.1, 0.15) is 0 Å². The first-order valence-corrected chi connectivity index (χ1v) is 8.43. The third-order valence-electron chi connectivity index (χ3n) is 4.56. The van der Waals surface area contributed by atoms with Crippen LogP contribution in [0.15, 0.2) is 47.2 Å². The zero-order chi connectivity index (χ0) is 13.4. The van der Waals surface area contributed by atoms with Crippen LogP contribution < -0.4 is 10.2 Å². The number of hydrogen-bond donors (Lipinski definition) is 1. The minimum absolute atomic E-state index is 0.459. The van der Waals surface area contributed by atoms with Crippen molar-refractivity contribution in [3.05, 3.63) is 52.7 Å². The summed E-state index contributed by atoms with van der Waals surface area (Å²) in [6, 6.07) is 14.3. The highest BCUT2D eigenvalue weighted by Gasteiger charge is 2.37. The summed E-state index contributed by atoms with van der Waals surface area (Å²) >= 11 is 1.79. The molecular formula is C17H20N2S. The topological polar surface area (TPSA) is 15.3 Å². The van der Waals surface area contributed by atoms with Crippen molar-refractivity contribution in [1.29, 1.82) is 0 Å². The Morgan fingerprint density at radius 3 is 2.65 bits per heavy atom. The molecule has 3 heteroatoms. The number of nitrogens with one attached hydrogen (secondary N) is 1. The molecule has 2 aliphatic rings. The van der Waals surface area contributed by atoms with E-state index in [9.17, 15) is 0 Å². The summed E-state index contributed by atoms with van der Waals surface area (Å²) in [6.07, 6.45) is 2.82. The Morgan fingerprint density at radius 1 is 1.10 bits per heavy atom. The van der Waals surface area contributed by atoms with Gasteiger partial charge in [-0.2, -0.15) is 11.3 Å². The molecular weight excluding hydrogens is 264 g/mol. The van der Waals surface area contributed by atoms with E-state index in [0.717, 1.165) is 19.0 Å². The lowest BCUT2D eigenvalue weighted by molar-refractivity contribution is 0.369. The highest BCUT2D eigenvalue weighted by Crippen LogP contribution is 2.38.